The molecule has 0 aromatic heterocycles. The molecule has 4 N–H and O–H groups in total. The van der Waals surface area contributed by atoms with Crippen molar-refractivity contribution < 1.29 is 75.8 Å². The first-order chi connectivity index (χ1) is 48.2. The summed E-state index contributed by atoms with van der Waals surface area (Å²) >= 11 is 0. The van der Waals surface area contributed by atoms with Gasteiger partial charge in [0.1, 0.15) is 25.4 Å². The van der Waals surface area contributed by atoms with E-state index in [2.05, 4.69) is 167 Å². The maximum Gasteiger partial charge on any atom is 0.472 e. The zero-order valence-corrected chi connectivity index (χ0v) is 63.4. The van der Waals surface area contributed by atoms with Crippen LogP contribution in [0, 0.1) is 0 Å². The van der Waals surface area contributed by atoms with Crippen LogP contribution in [0.5, 0.6) is 0 Å². The molecule has 0 saturated carbocycles. The highest BCUT2D eigenvalue weighted by Crippen LogP contribution is 2.45. The summed E-state index contributed by atoms with van der Waals surface area (Å²) < 4.78 is 61.1. The van der Waals surface area contributed by atoms with Crippen LogP contribution in [0.1, 0.15) is 290 Å². The lowest BCUT2D eigenvalue weighted by atomic mass is 10.0. The van der Waals surface area contributed by atoms with Gasteiger partial charge < -0.3 is 34.2 Å². The lowest BCUT2D eigenvalue weighted by Crippen LogP contribution is -2.30. The molecule has 0 fully saturated rings. The number of allylic oxidation sites excluding steroid dienone is 24. The molecule has 0 saturated heterocycles. The van der Waals surface area contributed by atoms with E-state index >= 15 is 0 Å². The van der Waals surface area contributed by atoms with Crippen molar-refractivity contribution >= 4 is 33.6 Å². The molecule has 0 rings (SSSR count). The number of unbranched alkanes of at least 4 members (excludes halogenated alkanes) is 24. The summed E-state index contributed by atoms with van der Waals surface area (Å²) in [7, 11) is -9.80. The first-order valence-corrected chi connectivity index (χ1v) is 41.1. The number of phosphoric ester groups is 2. The lowest BCUT2D eigenvalue weighted by Gasteiger charge is -2.21. The largest absolute Gasteiger partial charge is 0.472 e. The van der Waals surface area contributed by atoms with Gasteiger partial charge in [0.15, 0.2) is 6.10 Å². The molecule has 5 unspecified atom stereocenters. The van der Waals surface area contributed by atoms with Crippen LogP contribution in [0.2, 0.25) is 0 Å². The van der Waals surface area contributed by atoms with Crippen LogP contribution in [0.25, 0.3) is 0 Å². The van der Waals surface area contributed by atoms with Crippen LogP contribution in [0.4, 0.5) is 0 Å². The first kappa shape index (κ1) is 94.4. The fourth-order valence-electron chi connectivity index (χ4n) is 9.81. The van der Waals surface area contributed by atoms with E-state index in [0.717, 1.165) is 167 Å². The van der Waals surface area contributed by atoms with Crippen molar-refractivity contribution in [2.75, 3.05) is 39.6 Å². The number of ether oxygens (including phenoxy) is 3. The summed E-state index contributed by atoms with van der Waals surface area (Å²) in [4.78, 5) is 58.6. The van der Waals surface area contributed by atoms with Crippen LogP contribution >= 0.6 is 15.6 Å². The lowest BCUT2D eigenvalue weighted by molar-refractivity contribution is -0.161. The van der Waals surface area contributed by atoms with E-state index in [0.29, 0.717) is 19.3 Å². The van der Waals surface area contributed by atoms with Gasteiger partial charge in [0.2, 0.25) is 0 Å². The zero-order chi connectivity index (χ0) is 72.3. The van der Waals surface area contributed by atoms with E-state index in [9.17, 15) is 43.5 Å². The monoisotopic (exact) mass is 1430 g/mol. The molecule has 0 aliphatic rings. The highest BCUT2D eigenvalue weighted by atomic mass is 31.2. The third-order valence-electron chi connectivity index (χ3n) is 15.6. The smallest absolute Gasteiger partial charge is 0.463 e. The average molecular weight is 1430 g/mol. The summed E-state index contributed by atoms with van der Waals surface area (Å²) in [5, 5.41) is 20.6. The minimum Gasteiger partial charge on any atom is -0.463 e. The SMILES string of the molecule is CC/C=C\C/C=C\C/C=C\C/C=C\C/C=C\C/C=C\CCCCCCCCC(=O)OCC(O)COP(=O)(O)OCC(O)COP(=O)(O)OCC(COC(=O)CCCCCC/C=C\C/C=C\C/C=C\C/C=C\C/C=C\C/C=C\CC)OC(=O)CCCCCCCCCCCCCCCCC. The second-order valence-corrected chi connectivity index (χ2v) is 28.0. The van der Waals surface area contributed by atoms with E-state index in [4.69, 9.17) is 32.3 Å². The highest BCUT2D eigenvalue weighted by Gasteiger charge is 2.29. The van der Waals surface area contributed by atoms with Crippen molar-refractivity contribution in [2.24, 2.45) is 0 Å². The summed E-state index contributed by atoms with van der Waals surface area (Å²) in [5.41, 5.74) is 0. The molecule has 0 radical (unpaired) electrons. The summed E-state index contributed by atoms with van der Waals surface area (Å²) in [6, 6.07) is 0. The molecule has 0 aromatic rings. The van der Waals surface area contributed by atoms with Crippen molar-refractivity contribution in [2.45, 2.75) is 309 Å². The van der Waals surface area contributed by atoms with Crippen LogP contribution in [-0.2, 0) is 55.8 Å². The zero-order valence-electron chi connectivity index (χ0n) is 61.6. The molecule has 0 bridgehead atoms. The van der Waals surface area contributed by atoms with Crippen molar-refractivity contribution in [3.63, 3.8) is 0 Å². The van der Waals surface area contributed by atoms with Gasteiger partial charge in [0, 0.05) is 19.3 Å². The van der Waals surface area contributed by atoms with Gasteiger partial charge >= 0.3 is 33.6 Å². The number of carbonyl (C=O) groups is 3. The maximum atomic E-state index is 13.0. The number of hydrogen-bond donors (Lipinski definition) is 4. The van der Waals surface area contributed by atoms with Gasteiger partial charge in [-0.3, -0.25) is 32.5 Å². The molecule has 0 aromatic carbocycles. The number of carbonyl (C=O) groups excluding carboxylic acids is 3. The number of esters is 3. The maximum absolute atomic E-state index is 13.0. The highest BCUT2D eigenvalue weighted by molar-refractivity contribution is 7.47. The fourth-order valence-corrected chi connectivity index (χ4v) is 11.4. The topological polar surface area (TPSA) is 231 Å². The number of phosphoric acid groups is 2. The quantitative estimate of drug-likeness (QED) is 0.0146. The number of aliphatic hydroxyl groups is 2. The van der Waals surface area contributed by atoms with E-state index < -0.39 is 91.5 Å². The van der Waals surface area contributed by atoms with Gasteiger partial charge in [-0.05, 0) is 122 Å². The fraction of sp³-hybridized carbons (Fsp3) is 0.667. The molecule has 0 heterocycles. The number of hydrogen-bond acceptors (Lipinski definition) is 14. The minimum atomic E-state index is -4.94. The molecule has 0 aliphatic heterocycles. The molecular formula is C81H136O16P2. The Morgan fingerprint density at radius 2 is 0.535 bits per heavy atom. The van der Waals surface area contributed by atoms with Crippen molar-refractivity contribution in [1.29, 1.82) is 0 Å². The van der Waals surface area contributed by atoms with Gasteiger partial charge in [0.25, 0.3) is 0 Å². The van der Waals surface area contributed by atoms with E-state index in [-0.39, 0.29) is 19.3 Å². The molecule has 99 heavy (non-hydrogen) atoms. The Kier molecular flexibility index (Phi) is 69.8. The van der Waals surface area contributed by atoms with E-state index in [1.165, 1.54) is 64.2 Å². The van der Waals surface area contributed by atoms with Gasteiger partial charge in [-0.25, -0.2) is 9.13 Å². The second kappa shape index (κ2) is 73.2. The Balaban J connectivity index is 4.66. The summed E-state index contributed by atoms with van der Waals surface area (Å²) in [6.07, 6.45) is 88.8. The molecule has 0 spiro atoms. The Labute approximate surface area is 600 Å². The number of rotatable bonds is 71. The van der Waals surface area contributed by atoms with Gasteiger partial charge in [-0.15, -0.1) is 0 Å². The van der Waals surface area contributed by atoms with E-state index in [1.807, 2.05) is 0 Å². The van der Waals surface area contributed by atoms with Crippen LogP contribution in [0.3, 0.4) is 0 Å². The molecule has 566 valence electrons. The van der Waals surface area contributed by atoms with Crippen LogP contribution < -0.4 is 0 Å². The first-order valence-electron chi connectivity index (χ1n) is 38.1. The van der Waals surface area contributed by atoms with Gasteiger partial charge in [0.05, 0.1) is 26.4 Å². The Hall–Kier alpha value is -4.57. The third kappa shape index (κ3) is 74.4. The third-order valence-corrected chi connectivity index (χ3v) is 17.5. The summed E-state index contributed by atoms with van der Waals surface area (Å²) in [6.45, 7) is 2.41. The van der Waals surface area contributed by atoms with Crippen LogP contribution in [0.15, 0.2) is 146 Å². The van der Waals surface area contributed by atoms with Crippen molar-refractivity contribution in [3.8, 4) is 0 Å². The summed E-state index contributed by atoms with van der Waals surface area (Å²) in [5.74, 6) is -1.62. The number of aliphatic hydroxyl groups excluding tert-OH is 2. The second-order valence-electron chi connectivity index (χ2n) is 25.0. The molecule has 18 heteroatoms. The predicted molar refractivity (Wildman–Crippen MR) is 408 cm³/mol. The molecule has 0 aliphatic carbocycles. The van der Waals surface area contributed by atoms with Crippen molar-refractivity contribution in [3.05, 3.63) is 146 Å². The molecule has 0 amide bonds. The normalized spacial score (nSPS) is 14.9. The standard InChI is InChI=1S/C81H136O16P2/c1-4-7-10-13-16-19-22-25-28-30-32-34-36-37-39-41-42-44-47-49-52-55-58-61-64-67-79(84)91-70-76(82)71-93-98(87,88)94-72-77(83)73-95-99(89,90)96-75-78(97-81(86)69-66-63-60-57-54-51-46-27-24-21-18-15-12-9-6-3)74-92-80(85)68-65-62-59-56-53-50-48-45-43-40-38-35-33-31-29-26-23-20-17-14-11-8-5-2/h7-8,10-11,16-17,19-20,25-26,28-29,32-35,37,39-40,42-44,48,50,76-78,82-83H,4-6,9,12-15,18,21-24,27,30-31,36,38,41,45-47,49,51-75H2,1-3H3,(H,87,88)(H,89,90)/b10-7-,11-8-,19-16-,20-17-,28-25-,29-26-,34-32-,35-33-,39-37-,43-40-,44-42-,50-48-. The molecule has 16 nitrogen and oxygen atoms in total. The Morgan fingerprint density at radius 3 is 0.848 bits per heavy atom. The minimum absolute atomic E-state index is 0.0976. The van der Waals surface area contributed by atoms with E-state index in [1.54, 1.807) is 0 Å². The molecule has 5 atom stereocenters. The van der Waals surface area contributed by atoms with Gasteiger partial charge in [-0.2, -0.15) is 0 Å². The molecular weight excluding hydrogens is 1290 g/mol. The van der Waals surface area contributed by atoms with Crippen molar-refractivity contribution in [1.82, 2.24) is 0 Å². The Bertz CT molecular complexity index is 2380. The average Bonchev–Trinajstić information content (AvgIpc) is 1.57. The van der Waals surface area contributed by atoms with Crippen LogP contribution in [-0.4, -0.2) is 95.9 Å². The van der Waals surface area contributed by atoms with Gasteiger partial charge in [-0.1, -0.05) is 295 Å². The Morgan fingerprint density at radius 1 is 0.293 bits per heavy atom. The predicted octanol–water partition coefficient (Wildman–Crippen LogP) is 22.1.